The van der Waals surface area contributed by atoms with Crippen LogP contribution in [0, 0.1) is 11.8 Å². The summed E-state index contributed by atoms with van der Waals surface area (Å²) < 4.78 is 32.1. The summed E-state index contributed by atoms with van der Waals surface area (Å²) in [6.07, 6.45) is 7.27. The fourth-order valence-electron chi connectivity index (χ4n) is 5.40. The van der Waals surface area contributed by atoms with Crippen LogP contribution in [-0.4, -0.2) is 22.1 Å². The predicted octanol–water partition coefficient (Wildman–Crippen LogP) is 6.11. The summed E-state index contributed by atoms with van der Waals surface area (Å²) in [5.41, 5.74) is 9.89. The molecular formula is C30H19BF2N2. The highest BCUT2D eigenvalue weighted by molar-refractivity contribution is 6.57. The molecular weight excluding hydrogens is 437 g/mol. The van der Waals surface area contributed by atoms with Gasteiger partial charge in [-0.3, -0.25) is 0 Å². The molecule has 0 N–H and O–H groups in total. The van der Waals surface area contributed by atoms with Crippen molar-refractivity contribution >= 4 is 18.8 Å². The number of aromatic nitrogens is 1. The smallest absolute Gasteiger partial charge is 0.396 e. The number of rotatable bonds is 1. The third kappa shape index (κ3) is 3.00. The highest BCUT2D eigenvalue weighted by Crippen LogP contribution is 2.39. The Labute approximate surface area is 202 Å². The number of allylic oxidation sites excluding steroid dienone is 2. The molecule has 3 heterocycles. The van der Waals surface area contributed by atoms with E-state index in [9.17, 15) is 8.63 Å². The molecule has 35 heavy (non-hydrogen) atoms. The third-order valence-corrected chi connectivity index (χ3v) is 7.06. The van der Waals surface area contributed by atoms with Crippen molar-refractivity contribution in [1.29, 1.82) is 0 Å². The Kier molecular flexibility index (Phi) is 4.16. The molecule has 0 radical (unpaired) electrons. The van der Waals surface area contributed by atoms with E-state index in [1.807, 2.05) is 24.3 Å². The second-order valence-corrected chi connectivity index (χ2v) is 9.10. The predicted molar refractivity (Wildman–Crippen MR) is 136 cm³/mol. The van der Waals surface area contributed by atoms with Crippen molar-refractivity contribution < 1.29 is 13.1 Å². The Hall–Kier alpha value is -4.43. The number of nitrogens with zero attached hydrogens (tertiary/aromatic N) is 2. The SMILES string of the molecule is F[B-]1(F)n2cccc2C(c2ccc(C#Cc3ccc4c(c3)Cc3ccccc3-4)cc2)=C2C=CC=[N+]21. The van der Waals surface area contributed by atoms with Crippen LogP contribution in [0.5, 0.6) is 0 Å². The largest absolute Gasteiger partial charge is 0.737 e. The molecule has 2 nitrogen and oxygen atoms in total. The van der Waals surface area contributed by atoms with Crippen LogP contribution < -0.4 is 0 Å². The van der Waals surface area contributed by atoms with Gasteiger partial charge in [0.1, 0.15) is 6.21 Å². The van der Waals surface area contributed by atoms with Crippen molar-refractivity contribution in [3.63, 3.8) is 0 Å². The molecule has 0 spiro atoms. The Balaban J connectivity index is 1.20. The molecule has 0 amide bonds. The maximum atomic E-state index is 15.0. The standard InChI is InChI=1S/C30H19BF2N2/c32-31(33)34-17-3-7-28(34)30(29-8-4-18-35(29)31)23-14-11-21(12-15-23)9-10-22-13-16-27-25(19-22)20-24-5-1-2-6-26(24)27/h1-8,11-19H,20H2. The second-order valence-electron chi connectivity index (χ2n) is 9.10. The zero-order chi connectivity index (χ0) is 23.6. The summed E-state index contributed by atoms with van der Waals surface area (Å²) in [5.74, 6) is 6.55. The number of hydrogen-bond acceptors (Lipinski definition) is 0. The summed E-state index contributed by atoms with van der Waals surface area (Å²) in [5, 5.41) is 0. The summed E-state index contributed by atoms with van der Waals surface area (Å²) in [4.78, 5) is 0. The van der Waals surface area contributed by atoms with Crippen LogP contribution in [0.2, 0.25) is 0 Å². The molecule has 5 heteroatoms. The van der Waals surface area contributed by atoms with E-state index in [4.69, 9.17) is 0 Å². The first-order chi connectivity index (χ1) is 17.1. The van der Waals surface area contributed by atoms with Gasteiger partial charge >= 0.3 is 6.97 Å². The van der Waals surface area contributed by atoms with Crippen LogP contribution in [0.1, 0.15) is 33.5 Å². The maximum Gasteiger partial charge on any atom is 0.737 e. The second kappa shape index (κ2) is 7.28. The average molecular weight is 456 g/mol. The number of benzene rings is 3. The lowest BCUT2D eigenvalue weighted by Gasteiger charge is -2.30. The van der Waals surface area contributed by atoms with E-state index in [1.54, 1.807) is 24.3 Å². The molecule has 0 unspecified atom stereocenters. The Morgan fingerprint density at radius 3 is 2.46 bits per heavy atom. The lowest BCUT2D eigenvalue weighted by Crippen LogP contribution is -2.49. The van der Waals surface area contributed by atoms with E-state index in [0.717, 1.165) is 37.6 Å². The van der Waals surface area contributed by atoms with Gasteiger partial charge in [0.15, 0.2) is 5.70 Å². The Bertz CT molecular complexity index is 1690. The van der Waals surface area contributed by atoms with Crippen molar-refractivity contribution in [1.82, 2.24) is 4.48 Å². The topological polar surface area (TPSA) is 7.94 Å². The summed E-state index contributed by atoms with van der Waals surface area (Å²) in [6.45, 7) is -3.88. The highest BCUT2D eigenvalue weighted by Gasteiger charge is 2.51. The first kappa shape index (κ1) is 20.0. The number of halogens is 2. The van der Waals surface area contributed by atoms with Gasteiger partial charge in [-0.05, 0) is 76.8 Å². The average Bonchev–Trinajstić information content (AvgIpc) is 3.62. The summed E-state index contributed by atoms with van der Waals surface area (Å²) in [7, 11) is 0. The van der Waals surface area contributed by atoms with Crippen LogP contribution in [0.4, 0.5) is 8.63 Å². The first-order valence-corrected chi connectivity index (χ1v) is 11.7. The molecule has 0 atom stereocenters. The highest BCUT2D eigenvalue weighted by atomic mass is 19.2. The molecule has 0 saturated carbocycles. The molecule has 2 aliphatic heterocycles. The molecule has 1 aliphatic carbocycles. The van der Waals surface area contributed by atoms with Gasteiger partial charge in [-0.1, -0.05) is 54.3 Å². The molecule has 0 saturated heterocycles. The molecule has 4 aromatic rings. The van der Waals surface area contributed by atoms with Gasteiger partial charge < -0.3 is 17.6 Å². The van der Waals surface area contributed by atoms with Crippen molar-refractivity contribution in [3.8, 4) is 23.0 Å². The molecule has 0 bridgehead atoms. The van der Waals surface area contributed by atoms with E-state index < -0.39 is 6.97 Å². The zero-order valence-corrected chi connectivity index (χ0v) is 18.7. The molecule has 0 fully saturated rings. The van der Waals surface area contributed by atoms with Gasteiger partial charge in [0.25, 0.3) is 0 Å². The molecule has 3 aliphatic rings. The minimum atomic E-state index is -3.88. The Morgan fingerprint density at radius 2 is 1.57 bits per heavy atom. The quantitative estimate of drug-likeness (QED) is 0.213. The molecule has 7 rings (SSSR count). The molecule has 166 valence electrons. The van der Waals surface area contributed by atoms with Crippen LogP contribution in [0.3, 0.4) is 0 Å². The fourth-order valence-corrected chi connectivity index (χ4v) is 5.40. The third-order valence-electron chi connectivity index (χ3n) is 7.06. The van der Waals surface area contributed by atoms with Crippen LogP contribution >= 0.6 is 0 Å². The normalized spacial score (nSPS) is 16.1. The van der Waals surface area contributed by atoms with Crippen molar-refractivity contribution in [2.45, 2.75) is 6.42 Å². The van der Waals surface area contributed by atoms with Crippen molar-refractivity contribution in [3.05, 3.63) is 136 Å². The summed E-state index contributed by atoms with van der Waals surface area (Å²) in [6, 6.07) is 26.2. The summed E-state index contributed by atoms with van der Waals surface area (Å²) >= 11 is 0. The van der Waals surface area contributed by atoms with Crippen LogP contribution in [0.25, 0.3) is 16.7 Å². The minimum Gasteiger partial charge on any atom is -0.396 e. The van der Waals surface area contributed by atoms with Crippen LogP contribution in [-0.2, 0) is 6.42 Å². The molecule has 1 aromatic heterocycles. The van der Waals surface area contributed by atoms with E-state index in [1.165, 1.54) is 34.7 Å². The number of fused-ring (bicyclic) bond motifs is 5. The lowest BCUT2D eigenvalue weighted by atomic mass is 9.86. The van der Waals surface area contributed by atoms with E-state index in [0.29, 0.717) is 11.4 Å². The van der Waals surface area contributed by atoms with Gasteiger partial charge in [0.05, 0.1) is 5.57 Å². The van der Waals surface area contributed by atoms with E-state index in [-0.39, 0.29) is 0 Å². The lowest BCUT2D eigenvalue weighted by molar-refractivity contribution is -0.356. The monoisotopic (exact) mass is 456 g/mol. The first-order valence-electron chi connectivity index (χ1n) is 11.7. The van der Waals surface area contributed by atoms with Crippen molar-refractivity contribution in [2.75, 3.05) is 0 Å². The van der Waals surface area contributed by atoms with Gasteiger partial charge in [-0.2, -0.15) is 0 Å². The Morgan fingerprint density at radius 1 is 0.800 bits per heavy atom. The molecule has 3 aromatic carbocycles. The van der Waals surface area contributed by atoms with E-state index >= 15 is 0 Å². The zero-order valence-electron chi connectivity index (χ0n) is 18.7. The van der Waals surface area contributed by atoms with Gasteiger partial charge in [0, 0.05) is 29.0 Å². The van der Waals surface area contributed by atoms with Gasteiger partial charge in [-0.15, -0.1) is 0 Å². The number of hydrogen-bond donors (Lipinski definition) is 0. The fraction of sp³-hybridized carbons (Fsp3) is 0.0333. The minimum absolute atomic E-state index is 0.527. The van der Waals surface area contributed by atoms with E-state index in [2.05, 4.69) is 54.3 Å². The maximum absolute atomic E-state index is 15.0. The van der Waals surface area contributed by atoms with Gasteiger partial charge in [-0.25, -0.2) is 0 Å². The van der Waals surface area contributed by atoms with Gasteiger partial charge in [0.2, 0.25) is 0 Å². The van der Waals surface area contributed by atoms with Crippen molar-refractivity contribution in [2.24, 2.45) is 0 Å². The van der Waals surface area contributed by atoms with Crippen LogP contribution in [0.15, 0.2) is 103 Å².